The van der Waals surface area contributed by atoms with Crippen molar-refractivity contribution in [2.75, 3.05) is 7.11 Å². The first-order valence-corrected chi connectivity index (χ1v) is 9.57. The Hall–Kier alpha value is -3.85. The summed E-state index contributed by atoms with van der Waals surface area (Å²) in [7, 11) is 1.66. The van der Waals surface area contributed by atoms with Gasteiger partial charge in [0.05, 0.1) is 7.11 Å². The summed E-state index contributed by atoms with van der Waals surface area (Å²) in [6, 6.07) is 21.8. The number of methoxy groups -OCH3 is 1. The zero-order chi connectivity index (χ0) is 21.5. The molecular weight excluding hydrogens is 372 g/mol. The van der Waals surface area contributed by atoms with Crippen molar-refractivity contribution in [2.45, 2.75) is 6.92 Å². The Bertz CT molecular complexity index is 1090. The van der Waals surface area contributed by atoms with Crippen LogP contribution in [-0.4, -0.2) is 13.1 Å². The Labute approximate surface area is 177 Å². The molecule has 3 rings (SSSR count). The number of hydrogen-bond donors (Lipinski definition) is 0. The van der Waals surface area contributed by atoms with Gasteiger partial charge in [-0.3, -0.25) is 0 Å². The van der Waals surface area contributed by atoms with Gasteiger partial charge in [0.1, 0.15) is 11.5 Å². The SMILES string of the molecule is C=C/C=C/c1cc(-c2ccc(OC)cc2)ccc1-c1ccc(OC(=O)C(=C)C)cc1. The molecule has 3 heteroatoms. The molecule has 0 spiro atoms. The fourth-order valence-corrected chi connectivity index (χ4v) is 2.99. The van der Waals surface area contributed by atoms with Crippen LogP contribution in [0, 0.1) is 0 Å². The third-order valence-corrected chi connectivity index (χ3v) is 4.61. The molecule has 3 aromatic rings. The Morgan fingerprint density at radius 2 is 1.47 bits per heavy atom. The van der Waals surface area contributed by atoms with E-state index in [0.717, 1.165) is 33.6 Å². The normalized spacial score (nSPS) is 10.6. The number of benzene rings is 3. The van der Waals surface area contributed by atoms with Gasteiger partial charge in [0.2, 0.25) is 0 Å². The quantitative estimate of drug-likeness (QED) is 0.193. The third kappa shape index (κ3) is 4.95. The molecule has 3 aromatic carbocycles. The highest BCUT2D eigenvalue weighted by atomic mass is 16.5. The smallest absolute Gasteiger partial charge is 0.338 e. The highest BCUT2D eigenvalue weighted by molar-refractivity contribution is 5.89. The second kappa shape index (κ2) is 9.57. The minimum atomic E-state index is -0.429. The van der Waals surface area contributed by atoms with Crippen molar-refractivity contribution in [3.8, 4) is 33.8 Å². The van der Waals surface area contributed by atoms with Gasteiger partial charge >= 0.3 is 5.97 Å². The molecule has 0 N–H and O–H groups in total. The van der Waals surface area contributed by atoms with Gasteiger partial charge < -0.3 is 9.47 Å². The van der Waals surface area contributed by atoms with E-state index in [-0.39, 0.29) is 0 Å². The van der Waals surface area contributed by atoms with Gasteiger partial charge in [-0.05, 0) is 65.1 Å². The second-order valence-corrected chi connectivity index (χ2v) is 6.82. The lowest BCUT2D eigenvalue weighted by Crippen LogP contribution is -2.07. The molecule has 0 aliphatic carbocycles. The topological polar surface area (TPSA) is 35.5 Å². The van der Waals surface area contributed by atoms with E-state index in [4.69, 9.17) is 9.47 Å². The van der Waals surface area contributed by atoms with Crippen molar-refractivity contribution in [2.24, 2.45) is 0 Å². The van der Waals surface area contributed by atoms with E-state index in [9.17, 15) is 4.79 Å². The third-order valence-electron chi connectivity index (χ3n) is 4.61. The number of allylic oxidation sites excluding steroid dienone is 2. The van der Waals surface area contributed by atoms with Crippen LogP contribution in [0.3, 0.4) is 0 Å². The van der Waals surface area contributed by atoms with Gasteiger partial charge in [-0.1, -0.05) is 67.8 Å². The second-order valence-electron chi connectivity index (χ2n) is 6.82. The van der Waals surface area contributed by atoms with Gasteiger partial charge in [-0.2, -0.15) is 0 Å². The zero-order valence-corrected chi connectivity index (χ0v) is 17.2. The molecule has 0 aliphatic rings. The Morgan fingerprint density at radius 1 is 0.867 bits per heavy atom. The first-order valence-electron chi connectivity index (χ1n) is 9.57. The lowest BCUT2D eigenvalue weighted by Gasteiger charge is -2.11. The van der Waals surface area contributed by atoms with Gasteiger partial charge in [0.25, 0.3) is 0 Å². The van der Waals surface area contributed by atoms with Crippen molar-refractivity contribution < 1.29 is 14.3 Å². The number of esters is 1. The molecule has 3 nitrogen and oxygen atoms in total. The van der Waals surface area contributed by atoms with Crippen LogP contribution in [0.1, 0.15) is 12.5 Å². The minimum Gasteiger partial charge on any atom is -0.497 e. The molecule has 0 aromatic heterocycles. The summed E-state index contributed by atoms with van der Waals surface area (Å²) in [5, 5.41) is 0. The lowest BCUT2D eigenvalue weighted by atomic mass is 9.94. The van der Waals surface area contributed by atoms with Crippen LogP contribution in [0.2, 0.25) is 0 Å². The van der Waals surface area contributed by atoms with Gasteiger partial charge in [-0.15, -0.1) is 0 Å². The average Bonchev–Trinajstić information content (AvgIpc) is 2.78. The van der Waals surface area contributed by atoms with Crippen LogP contribution >= 0.6 is 0 Å². The molecule has 0 atom stereocenters. The van der Waals surface area contributed by atoms with Gasteiger partial charge in [0, 0.05) is 5.57 Å². The molecule has 0 heterocycles. The molecule has 0 saturated carbocycles. The summed E-state index contributed by atoms with van der Waals surface area (Å²) in [4.78, 5) is 11.7. The summed E-state index contributed by atoms with van der Waals surface area (Å²) in [5.41, 5.74) is 5.74. The lowest BCUT2D eigenvalue weighted by molar-refractivity contribution is -0.130. The number of ether oxygens (including phenoxy) is 2. The molecule has 0 bridgehead atoms. The fraction of sp³-hybridized carbons (Fsp3) is 0.0741. The highest BCUT2D eigenvalue weighted by Crippen LogP contribution is 2.31. The highest BCUT2D eigenvalue weighted by Gasteiger charge is 2.09. The van der Waals surface area contributed by atoms with Crippen LogP contribution in [0.25, 0.3) is 28.3 Å². The van der Waals surface area contributed by atoms with Crippen molar-refractivity contribution in [3.63, 3.8) is 0 Å². The molecule has 30 heavy (non-hydrogen) atoms. The summed E-state index contributed by atoms with van der Waals surface area (Å²) >= 11 is 0. The van der Waals surface area contributed by atoms with Crippen LogP contribution in [-0.2, 0) is 4.79 Å². The summed E-state index contributed by atoms with van der Waals surface area (Å²) < 4.78 is 10.5. The number of rotatable bonds is 7. The molecule has 0 aliphatic heterocycles. The monoisotopic (exact) mass is 396 g/mol. The van der Waals surface area contributed by atoms with Crippen LogP contribution in [0.4, 0.5) is 0 Å². The number of carbonyl (C=O) groups is 1. The predicted molar refractivity (Wildman–Crippen MR) is 124 cm³/mol. The Balaban J connectivity index is 1.95. The van der Waals surface area contributed by atoms with E-state index in [1.807, 2.05) is 48.6 Å². The standard InChI is InChI=1S/C27H24O3/c1-5-6-7-23-18-22(20-8-13-24(29-4)14-9-20)12-17-26(23)21-10-15-25(16-11-21)30-27(28)19(2)3/h5-18H,1-2H2,3-4H3/b7-6+. The van der Waals surface area contributed by atoms with Crippen molar-refractivity contribution in [3.05, 3.63) is 103 Å². The summed E-state index contributed by atoms with van der Waals surface area (Å²) in [6.45, 7) is 9.00. The summed E-state index contributed by atoms with van der Waals surface area (Å²) in [6.07, 6.45) is 5.70. The molecule has 0 unspecified atom stereocenters. The van der Waals surface area contributed by atoms with E-state index < -0.39 is 5.97 Å². The predicted octanol–water partition coefficient (Wildman–Crippen LogP) is 6.71. The van der Waals surface area contributed by atoms with Crippen molar-refractivity contribution >= 4 is 12.0 Å². The number of carbonyl (C=O) groups excluding carboxylic acids is 1. The summed E-state index contributed by atoms with van der Waals surface area (Å²) in [5.74, 6) is 0.889. The van der Waals surface area contributed by atoms with E-state index in [0.29, 0.717) is 11.3 Å². The van der Waals surface area contributed by atoms with E-state index >= 15 is 0 Å². The van der Waals surface area contributed by atoms with Crippen LogP contribution in [0.5, 0.6) is 11.5 Å². The Morgan fingerprint density at radius 3 is 2.07 bits per heavy atom. The van der Waals surface area contributed by atoms with E-state index in [2.05, 4.69) is 31.4 Å². The molecular formula is C27H24O3. The van der Waals surface area contributed by atoms with Crippen LogP contribution in [0.15, 0.2) is 97.6 Å². The molecule has 0 fully saturated rings. The number of hydrogen-bond acceptors (Lipinski definition) is 3. The molecule has 0 saturated heterocycles. The molecule has 150 valence electrons. The maximum absolute atomic E-state index is 11.7. The zero-order valence-electron chi connectivity index (χ0n) is 17.2. The Kier molecular flexibility index (Phi) is 6.66. The van der Waals surface area contributed by atoms with Crippen molar-refractivity contribution in [1.29, 1.82) is 0 Å². The van der Waals surface area contributed by atoms with E-state index in [1.54, 1.807) is 32.2 Å². The van der Waals surface area contributed by atoms with Crippen molar-refractivity contribution in [1.82, 2.24) is 0 Å². The first-order chi connectivity index (χ1) is 14.5. The maximum atomic E-state index is 11.7. The molecule has 0 amide bonds. The van der Waals surface area contributed by atoms with E-state index in [1.165, 1.54) is 0 Å². The van der Waals surface area contributed by atoms with Gasteiger partial charge in [-0.25, -0.2) is 4.79 Å². The first kappa shape index (κ1) is 20.9. The average molecular weight is 396 g/mol. The van der Waals surface area contributed by atoms with Gasteiger partial charge in [0.15, 0.2) is 0 Å². The molecule has 0 radical (unpaired) electrons. The maximum Gasteiger partial charge on any atom is 0.338 e. The largest absolute Gasteiger partial charge is 0.497 e. The minimum absolute atomic E-state index is 0.366. The fourth-order valence-electron chi connectivity index (χ4n) is 2.99. The van der Waals surface area contributed by atoms with Crippen LogP contribution < -0.4 is 9.47 Å².